The van der Waals surface area contributed by atoms with Gasteiger partial charge in [-0.1, -0.05) is 23.7 Å². The summed E-state index contributed by atoms with van der Waals surface area (Å²) in [5, 5.41) is 4.67. The van der Waals surface area contributed by atoms with E-state index in [2.05, 4.69) is 10.5 Å². The third kappa shape index (κ3) is 5.92. The fourth-order valence-corrected chi connectivity index (χ4v) is 3.09. The second-order valence-electron chi connectivity index (χ2n) is 6.60. The molecule has 0 saturated heterocycles. The number of halogens is 1. The molecule has 0 spiro atoms. The van der Waals surface area contributed by atoms with E-state index in [4.69, 9.17) is 30.5 Å². The molecule has 3 rings (SSSR count). The Morgan fingerprint density at radius 2 is 1.62 bits per heavy atom. The van der Waals surface area contributed by atoms with Gasteiger partial charge >= 0.3 is 0 Å². The van der Waals surface area contributed by atoms with Crippen molar-refractivity contribution < 1.29 is 23.7 Å². The normalized spacial score (nSPS) is 10.6. The standard InChI is InChI=1S/C24H23ClN2O5/c1-29-20-10-8-18(13-23(20)31-3)24(28)27-26-14-16-7-9-21(22(12-16)30-2)32-15-17-5-4-6-19(25)11-17/h4-14H,15H2,1-3H3,(H,27,28)/b26-14+. The van der Waals surface area contributed by atoms with E-state index < -0.39 is 0 Å². The molecule has 0 heterocycles. The van der Waals surface area contributed by atoms with Crippen LogP contribution in [0.25, 0.3) is 0 Å². The zero-order valence-electron chi connectivity index (χ0n) is 17.9. The molecule has 0 atom stereocenters. The predicted molar refractivity (Wildman–Crippen MR) is 123 cm³/mol. The van der Waals surface area contributed by atoms with Gasteiger partial charge in [-0.25, -0.2) is 5.43 Å². The summed E-state index contributed by atoms with van der Waals surface area (Å²) < 4.78 is 21.7. The second kappa shape index (κ2) is 11.1. The molecule has 166 valence electrons. The van der Waals surface area contributed by atoms with Gasteiger partial charge in [-0.05, 0) is 59.7 Å². The van der Waals surface area contributed by atoms with Crippen molar-refractivity contribution in [3.63, 3.8) is 0 Å². The Labute approximate surface area is 191 Å². The van der Waals surface area contributed by atoms with Crippen molar-refractivity contribution >= 4 is 23.7 Å². The zero-order chi connectivity index (χ0) is 22.9. The lowest BCUT2D eigenvalue weighted by molar-refractivity contribution is 0.0954. The average Bonchev–Trinajstić information content (AvgIpc) is 2.82. The van der Waals surface area contributed by atoms with Gasteiger partial charge in [0, 0.05) is 10.6 Å². The number of ether oxygens (including phenoxy) is 4. The van der Waals surface area contributed by atoms with Gasteiger partial charge in [0.25, 0.3) is 5.91 Å². The van der Waals surface area contributed by atoms with E-state index >= 15 is 0 Å². The van der Waals surface area contributed by atoms with Crippen molar-refractivity contribution in [1.29, 1.82) is 0 Å². The number of hydrogen-bond acceptors (Lipinski definition) is 6. The molecule has 0 unspecified atom stereocenters. The van der Waals surface area contributed by atoms with E-state index in [0.29, 0.717) is 40.2 Å². The fourth-order valence-electron chi connectivity index (χ4n) is 2.88. The first-order chi connectivity index (χ1) is 15.5. The molecule has 8 heteroatoms. The predicted octanol–water partition coefficient (Wildman–Crippen LogP) is 4.71. The molecule has 0 aliphatic carbocycles. The number of nitrogens with one attached hydrogen (secondary N) is 1. The van der Waals surface area contributed by atoms with Crippen molar-refractivity contribution in [3.05, 3.63) is 82.4 Å². The minimum Gasteiger partial charge on any atom is -0.493 e. The molecule has 1 amide bonds. The minimum absolute atomic E-state index is 0.353. The number of rotatable bonds is 9. The van der Waals surface area contributed by atoms with Crippen LogP contribution in [-0.4, -0.2) is 33.5 Å². The van der Waals surface area contributed by atoms with E-state index in [-0.39, 0.29) is 5.91 Å². The number of amides is 1. The largest absolute Gasteiger partial charge is 0.493 e. The number of nitrogens with zero attached hydrogens (tertiary/aromatic N) is 1. The van der Waals surface area contributed by atoms with Crippen molar-refractivity contribution in [3.8, 4) is 23.0 Å². The van der Waals surface area contributed by atoms with E-state index in [9.17, 15) is 4.79 Å². The smallest absolute Gasteiger partial charge is 0.271 e. The Morgan fingerprint density at radius 1 is 0.906 bits per heavy atom. The maximum absolute atomic E-state index is 12.3. The lowest BCUT2D eigenvalue weighted by atomic mass is 10.2. The van der Waals surface area contributed by atoms with Crippen molar-refractivity contribution in [2.24, 2.45) is 5.10 Å². The summed E-state index contributed by atoms with van der Waals surface area (Å²) in [5.41, 5.74) is 4.55. The minimum atomic E-state index is -0.379. The Morgan fingerprint density at radius 3 is 2.34 bits per heavy atom. The molecule has 0 fully saturated rings. The molecule has 0 aliphatic heterocycles. The molecule has 3 aromatic carbocycles. The SMILES string of the molecule is COc1ccc(C(=O)N/N=C/c2ccc(OCc3cccc(Cl)c3)c(OC)c2)cc1OC. The Bertz CT molecular complexity index is 1120. The molecule has 7 nitrogen and oxygen atoms in total. The van der Waals surface area contributed by atoms with Crippen LogP contribution >= 0.6 is 11.6 Å². The summed E-state index contributed by atoms with van der Waals surface area (Å²) in [6.07, 6.45) is 1.52. The summed E-state index contributed by atoms with van der Waals surface area (Å²) >= 11 is 6.01. The molecule has 0 aromatic heterocycles. The first-order valence-corrected chi connectivity index (χ1v) is 10.0. The number of benzene rings is 3. The zero-order valence-corrected chi connectivity index (χ0v) is 18.7. The number of carbonyl (C=O) groups is 1. The molecule has 0 radical (unpaired) electrons. The summed E-state index contributed by atoms with van der Waals surface area (Å²) in [6, 6.07) is 17.7. The molecule has 0 bridgehead atoms. The Kier molecular flexibility index (Phi) is 7.94. The lowest BCUT2D eigenvalue weighted by Crippen LogP contribution is -2.17. The fraction of sp³-hybridized carbons (Fsp3) is 0.167. The summed E-state index contributed by atoms with van der Waals surface area (Å²) in [6.45, 7) is 0.353. The Balaban J connectivity index is 1.63. The Hall–Kier alpha value is -3.71. The maximum Gasteiger partial charge on any atom is 0.271 e. The first-order valence-electron chi connectivity index (χ1n) is 9.64. The van der Waals surface area contributed by atoms with Gasteiger partial charge in [-0.15, -0.1) is 0 Å². The van der Waals surface area contributed by atoms with E-state index in [1.54, 1.807) is 37.4 Å². The van der Waals surface area contributed by atoms with Crippen LogP contribution in [0, 0.1) is 0 Å². The quantitative estimate of drug-likeness (QED) is 0.374. The average molecular weight is 455 g/mol. The summed E-state index contributed by atoms with van der Waals surface area (Å²) in [7, 11) is 4.60. The van der Waals surface area contributed by atoms with Gasteiger partial charge < -0.3 is 18.9 Å². The van der Waals surface area contributed by atoms with Crippen LogP contribution in [0.4, 0.5) is 0 Å². The third-order valence-corrected chi connectivity index (χ3v) is 4.73. The third-order valence-electron chi connectivity index (χ3n) is 4.50. The lowest BCUT2D eigenvalue weighted by Gasteiger charge is -2.11. The monoisotopic (exact) mass is 454 g/mol. The molecular formula is C24H23ClN2O5. The van der Waals surface area contributed by atoms with Gasteiger partial charge in [-0.2, -0.15) is 5.10 Å². The number of methoxy groups -OCH3 is 3. The highest BCUT2D eigenvalue weighted by atomic mass is 35.5. The number of carbonyl (C=O) groups excluding carboxylic acids is 1. The van der Waals surface area contributed by atoms with Gasteiger partial charge in [0.15, 0.2) is 23.0 Å². The highest BCUT2D eigenvalue weighted by Gasteiger charge is 2.10. The topological polar surface area (TPSA) is 78.4 Å². The van der Waals surface area contributed by atoms with Gasteiger partial charge in [0.05, 0.1) is 27.5 Å². The maximum atomic E-state index is 12.3. The van der Waals surface area contributed by atoms with E-state index in [0.717, 1.165) is 11.1 Å². The highest BCUT2D eigenvalue weighted by molar-refractivity contribution is 6.30. The van der Waals surface area contributed by atoms with Crippen molar-refractivity contribution in [2.75, 3.05) is 21.3 Å². The molecule has 32 heavy (non-hydrogen) atoms. The van der Waals surface area contributed by atoms with Crippen molar-refractivity contribution in [1.82, 2.24) is 5.43 Å². The van der Waals surface area contributed by atoms with Crippen LogP contribution in [0.15, 0.2) is 65.8 Å². The molecule has 3 aromatic rings. The molecule has 0 aliphatic rings. The van der Waals surface area contributed by atoms with Crippen LogP contribution in [0.5, 0.6) is 23.0 Å². The second-order valence-corrected chi connectivity index (χ2v) is 7.03. The number of hydrazone groups is 1. The van der Waals surface area contributed by atoms with Gasteiger partial charge in [-0.3, -0.25) is 4.79 Å². The summed E-state index contributed by atoms with van der Waals surface area (Å²) in [4.78, 5) is 12.3. The molecule has 1 N–H and O–H groups in total. The number of hydrogen-bond donors (Lipinski definition) is 1. The molecule has 0 saturated carbocycles. The molecular weight excluding hydrogens is 432 g/mol. The van der Waals surface area contributed by atoms with Crippen LogP contribution in [0.1, 0.15) is 21.5 Å². The van der Waals surface area contributed by atoms with Crippen molar-refractivity contribution in [2.45, 2.75) is 6.61 Å². The summed E-state index contributed by atoms with van der Waals surface area (Å²) in [5.74, 6) is 1.75. The van der Waals surface area contributed by atoms with E-state index in [1.807, 2.05) is 30.3 Å². The van der Waals surface area contributed by atoms with Gasteiger partial charge in [0.2, 0.25) is 0 Å². The highest BCUT2D eigenvalue weighted by Crippen LogP contribution is 2.29. The van der Waals surface area contributed by atoms with Gasteiger partial charge in [0.1, 0.15) is 6.61 Å². The van der Waals surface area contributed by atoms with E-state index in [1.165, 1.54) is 20.4 Å². The van der Waals surface area contributed by atoms with Crippen LogP contribution in [0.2, 0.25) is 5.02 Å². The van der Waals surface area contributed by atoms with Crippen LogP contribution in [-0.2, 0) is 6.61 Å². The van der Waals surface area contributed by atoms with Crippen LogP contribution < -0.4 is 24.4 Å². The van der Waals surface area contributed by atoms with Crippen LogP contribution in [0.3, 0.4) is 0 Å². The first kappa shape index (κ1) is 23.0.